The van der Waals surface area contributed by atoms with E-state index in [1.165, 1.54) is 18.4 Å². The average molecular weight is 250 g/mol. The van der Waals surface area contributed by atoms with Crippen molar-refractivity contribution in [3.8, 4) is 0 Å². The van der Waals surface area contributed by atoms with E-state index >= 15 is 0 Å². The minimum absolute atomic E-state index is 0.00402. The second-order valence-electron chi connectivity index (χ2n) is 6.24. The van der Waals surface area contributed by atoms with Crippen molar-refractivity contribution in [2.24, 2.45) is 11.7 Å². The zero-order valence-electron chi connectivity index (χ0n) is 11.9. The number of nitrogens with zero attached hydrogens (tertiary/aromatic N) is 1. The molecule has 1 aliphatic rings. The molecular formula is C15H26N2O. The molecule has 2 N–H and O–H groups in total. The van der Waals surface area contributed by atoms with Gasteiger partial charge in [-0.25, -0.2) is 0 Å². The highest BCUT2D eigenvalue weighted by Crippen LogP contribution is 2.31. The van der Waals surface area contributed by atoms with E-state index in [0.717, 1.165) is 37.6 Å². The van der Waals surface area contributed by atoms with E-state index in [2.05, 4.69) is 24.9 Å². The highest BCUT2D eigenvalue weighted by atomic mass is 16.3. The average Bonchev–Trinajstić information content (AvgIpc) is 2.62. The van der Waals surface area contributed by atoms with Crippen LogP contribution >= 0.6 is 0 Å². The van der Waals surface area contributed by atoms with E-state index in [0.29, 0.717) is 0 Å². The molecule has 1 aliphatic carbocycles. The van der Waals surface area contributed by atoms with Crippen molar-refractivity contribution >= 4 is 0 Å². The van der Waals surface area contributed by atoms with Gasteiger partial charge in [-0.15, -0.1) is 0 Å². The van der Waals surface area contributed by atoms with E-state index in [1.807, 2.05) is 6.92 Å². The van der Waals surface area contributed by atoms with Gasteiger partial charge in [-0.3, -0.25) is 0 Å². The maximum absolute atomic E-state index is 6.55. The first-order valence-corrected chi connectivity index (χ1v) is 6.99. The molecular weight excluding hydrogens is 224 g/mol. The van der Waals surface area contributed by atoms with Crippen molar-refractivity contribution in [2.45, 2.75) is 51.6 Å². The van der Waals surface area contributed by atoms with Crippen LogP contribution in [0.25, 0.3) is 0 Å². The van der Waals surface area contributed by atoms with Gasteiger partial charge >= 0.3 is 0 Å². The molecule has 102 valence electrons. The van der Waals surface area contributed by atoms with Gasteiger partial charge in [0.25, 0.3) is 0 Å². The topological polar surface area (TPSA) is 42.4 Å². The predicted octanol–water partition coefficient (Wildman–Crippen LogP) is 2.93. The van der Waals surface area contributed by atoms with Crippen molar-refractivity contribution in [3.63, 3.8) is 0 Å². The number of nitrogens with two attached hydrogens (primary N) is 1. The largest absolute Gasteiger partial charge is 0.469 e. The lowest BCUT2D eigenvalue weighted by Crippen LogP contribution is -2.51. The van der Waals surface area contributed by atoms with Gasteiger partial charge in [0.15, 0.2) is 0 Å². The first-order valence-electron chi connectivity index (χ1n) is 6.99. The molecule has 3 nitrogen and oxygen atoms in total. The standard InChI is InChI=1S/C15H26N2O/c1-12-5-4-7-15(16,9-12)11-17(3)10-14-6-8-18-13(14)2/h6,8,12H,4-5,7,9-11,16H2,1-3H3. The highest BCUT2D eigenvalue weighted by Gasteiger charge is 2.31. The van der Waals surface area contributed by atoms with Crippen molar-refractivity contribution in [1.82, 2.24) is 4.90 Å². The third kappa shape index (κ3) is 3.36. The van der Waals surface area contributed by atoms with Crippen molar-refractivity contribution in [3.05, 3.63) is 23.7 Å². The number of furan rings is 1. The zero-order valence-corrected chi connectivity index (χ0v) is 11.9. The number of rotatable bonds is 4. The van der Waals surface area contributed by atoms with Crippen LogP contribution in [0.4, 0.5) is 0 Å². The third-order valence-corrected chi connectivity index (χ3v) is 4.12. The SMILES string of the molecule is Cc1occc1CN(C)CC1(N)CCCC(C)C1. The lowest BCUT2D eigenvalue weighted by molar-refractivity contribution is 0.165. The lowest BCUT2D eigenvalue weighted by atomic mass is 9.77. The summed E-state index contributed by atoms with van der Waals surface area (Å²) in [5.74, 6) is 1.79. The fourth-order valence-electron chi connectivity index (χ4n) is 3.30. The first kappa shape index (κ1) is 13.6. The van der Waals surface area contributed by atoms with Gasteiger partial charge in [-0.05, 0) is 38.8 Å². The van der Waals surface area contributed by atoms with E-state index in [1.54, 1.807) is 6.26 Å². The molecule has 1 heterocycles. The number of aryl methyl sites for hydroxylation is 1. The summed E-state index contributed by atoms with van der Waals surface area (Å²) in [6.45, 7) is 6.24. The molecule has 0 saturated heterocycles. The van der Waals surface area contributed by atoms with Gasteiger partial charge < -0.3 is 15.1 Å². The Morgan fingerprint density at radius 3 is 2.94 bits per heavy atom. The second kappa shape index (κ2) is 5.45. The molecule has 0 spiro atoms. The molecule has 0 radical (unpaired) electrons. The molecule has 1 aromatic rings. The summed E-state index contributed by atoms with van der Waals surface area (Å²) in [6, 6.07) is 2.05. The molecule has 1 aromatic heterocycles. The first-order chi connectivity index (χ1) is 8.48. The normalized spacial score (nSPS) is 28.8. The summed E-state index contributed by atoms with van der Waals surface area (Å²) in [7, 11) is 2.15. The van der Waals surface area contributed by atoms with E-state index < -0.39 is 0 Å². The predicted molar refractivity (Wildman–Crippen MR) is 74.3 cm³/mol. The summed E-state index contributed by atoms with van der Waals surface area (Å²) >= 11 is 0. The maximum Gasteiger partial charge on any atom is 0.105 e. The molecule has 1 saturated carbocycles. The van der Waals surface area contributed by atoms with Crippen LogP contribution in [0.15, 0.2) is 16.7 Å². The quantitative estimate of drug-likeness (QED) is 0.893. The number of likely N-dealkylation sites (N-methyl/N-ethyl adjacent to an activating group) is 1. The molecule has 0 amide bonds. The van der Waals surface area contributed by atoms with E-state index in [-0.39, 0.29) is 5.54 Å². The lowest BCUT2D eigenvalue weighted by Gasteiger charge is -2.39. The van der Waals surface area contributed by atoms with Crippen LogP contribution in [0.2, 0.25) is 0 Å². The maximum atomic E-state index is 6.55. The molecule has 3 heteroatoms. The minimum Gasteiger partial charge on any atom is -0.469 e. The Labute approximate surface area is 110 Å². The summed E-state index contributed by atoms with van der Waals surface area (Å²) in [5.41, 5.74) is 7.82. The smallest absolute Gasteiger partial charge is 0.105 e. The van der Waals surface area contributed by atoms with E-state index in [4.69, 9.17) is 10.2 Å². The Hall–Kier alpha value is -0.800. The third-order valence-electron chi connectivity index (χ3n) is 4.12. The molecule has 18 heavy (non-hydrogen) atoms. The van der Waals surface area contributed by atoms with Crippen LogP contribution < -0.4 is 5.73 Å². The van der Waals surface area contributed by atoms with E-state index in [9.17, 15) is 0 Å². The molecule has 2 unspecified atom stereocenters. The van der Waals surface area contributed by atoms with Gasteiger partial charge in [0.1, 0.15) is 5.76 Å². The van der Waals surface area contributed by atoms with Gasteiger partial charge in [-0.2, -0.15) is 0 Å². The zero-order chi connectivity index (χ0) is 13.2. The molecule has 0 aliphatic heterocycles. The number of hydrogen-bond donors (Lipinski definition) is 1. The fourth-order valence-corrected chi connectivity index (χ4v) is 3.30. The summed E-state index contributed by atoms with van der Waals surface area (Å²) in [5, 5.41) is 0. The summed E-state index contributed by atoms with van der Waals surface area (Å²) in [6.07, 6.45) is 6.69. The van der Waals surface area contributed by atoms with Gasteiger partial charge in [-0.1, -0.05) is 19.8 Å². The summed E-state index contributed by atoms with van der Waals surface area (Å²) < 4.78 is 5.34. The fraction of sp³-hybridized carbons (Fsp3) is 0.733. The molecule has 1 fully saturated rings. The van der Waals surface area contributed by atoms with Crippen LogP contribution in [0.1, 0.15) is 43.9 Å². The van der Waals surface area contributed by atoms with Gasteiger partial charge in [0.2, 0.25) is 0 Å². The van der Waals surface area contributed by atoms with Crippen LogP contribution in [0.5, 0.6) is 0 Å². The Bertz CT molecular complexity index is 388. The van der Waals surface area contributed by atoms with Crippen LogP contribution in [-0.2, 0) is 6.54 Å². The summed E-state index contributed by atoms with van der Waals surface area (Å²) in [4.78, 5) is 2.33. The molecule has 0 bridgehead atoms. The monoisotopic (exact) mass is 250 g/mol. The second-order valence-corrected chi connectivity index (χ2v) is 6.24. The van der Waals surface area contributed by atoms with Crippen molar-refractivity contribution < 1.29 is 4.42 Å². The molecule has 0 aromatic carbocycles. The Morgan fingerprint density at radius 1 is 1.56 bits per heavy atom. The highest BCUT2D eigenvalue weighted by molar-refractivity contribution is 5.15. The van der Waals surface area contributed by atoms with Crippen molar-refractivity contribution in [1.29, 1.82) is 0 Å². The molecule has 2 rings (SSSR count). The van der Waals surface area contributed by atoms with Crippen LogP contribution in [0.3, 0.4) is 0 Å². The van der Waals surface area contributed by atoms with Crippen LogP contribution in [0, 0.1) is 12.8 Å². The van der Waals surface area contributed by atoms with Gasteiger partial charge in [0, 0.05) is 24.2 Å². The van der Waals surface area contributed by atoms with Crippen molar-refractivity contribution in [2.75, 3.05) is 13.6 Å². The Kier molecular flexibility index (Phi) is 4.13. The Morgan fingerprint density at radius 2 is 2.33 bits per heavy atom. The van der Waals surface area contributed by atoms with Gasteiger partial charge in [0.05, 0.1) is 6.26 Å². The van der Waals surface area contributed by atoms with Crippen LogP contribution in [-0.4, -0.2) is 24.0 Å². The minimum atomic E-state index is 0.00402. The molecule has 2 atom stereocenters. The number of hydrogen-bond acceptors (Lipinski definition) is 3. The Balaban J connectivity index is 1.90.